The van der Waals surface area contributed by atoms with Crippen molar-refractivity contribution in [1.82, 2.24) is 5.32 Å². The second-order valence-corrected chi connectivity index (χ2v) is 6.03. The van der Waals surface area contributed by atoms with Gasteiger partial charge in [-0.2, -0.15) is 0 Å². The number of hydrogen-bond acceptors (Lipinski definition) is 3. The summed E-state index contributed by atoms with van der Waals surface area (Å²) in [5.41, 5.74) is 6.80. The highest BCUT2D eigenvalue weighted by molar-refractivity contribution is 5.87. The Morgan fingerprint density at radius 2 is 1.95 bits per heavy atom. The van der Waals surface area contributed by atoms with E-state index in [1.54, 1.807) is 7.11 Å². The van der Waals surface area contributed by atoms with Crippen molar-refractivity contribution in [1.29, 1.82) is 0 Å². The number of ether oxygens (including phenoxy) is 1. The van der Waals surface area contributed by atoms with Crippen molar-refractivity contribution in [2.24, 2.45) is 0 Å². The van der Waals surface area contributed by atoms with E-state index in [1.807, 2.05) is 38.1 Å². The number of carbonyl (C=O) groups is 1. The molecule has 1 aromatic rings. The first kappa shape index (κ1) is 14.9. The standard InChI is InChI=1S/C16H24N2O2/c1-16(2,11-7-9-12(17)10-8-11)15(19)18-13-5-4-6-14(13)20-3/h7-10,13-14H,4-6,17H2,1-3H3,(H,18,19). The minimum Gasteiger partial charge on any atom is -0.399 e. The van der Waals surface area contributed by atoms with Gasteiger partial charge < -0.3 is 15.8 Å². The van der Waals surface area contributed by atoms with Crippen LogP contribution in [0.25, 0.3) is 0 Å². The van der Waals surface area contributed by atoms with Crippen molar-refractivity contribution in [3.8, 4) is 0 Å². The lowest BCUT2D eigenvalue weighted by molar-refractivity contribution is -0.127. The van der Waals surface area contributed by atoms with Gasteiger partial charge in [0.15, 0.2) is 0 Å². The van der Waals surface area contributed by atoms with Crippen LogP contribution in [0.2, 0.25) is 0 Å². The van der Waals surface area contributed by atoms with Crippen molar-refractivity contribution in [3.05, 3.63) is 29.8 Å². The first-order valence-electron chi connectivity index (χ1n) is 7.15. The maximum absolute atomic E-state index is 12.6. The first-order valence-corrected chi connectivity index (χ1v) is 7.15. The highest BCUT2D eigenvalue weighted by Gasteiger charge is 2.35. The summed E-state index contributed by atoms with van der Waals surface area (Å²) < 4.78 is 5.43. The molecule has 0 bridgehead atoms. The first-order chi connectivity index (χ1) is 9.45. The summed E-state index contributed by atoms with van der Waals surface area (Å²) >= 11 is 0. The zero-order valence-corrected chi connectivity index (χ0v) is 12.5. The van der Waals surface area contributed by atoms with Crippen LogP contribution in [-0.2, 0) is 14.9 Å². The number of rotatable bonds is 4. The largest absolute Gasteiger partial charge is 0.399 e. The second kappa shape index (κ2) is 5.83. The molecule has 4 nitrogen and oxygen atoms in total. The van der Waals surface area contributed by atoms with E-state index in [0.717, 1.165) is 24.8 Å². The minimum absolute atomic E-state index is 0.0382. The van der Waals surface area contributed by atoms with Crippen LogP contribution in [-0.4, -0.2) is 25.2 Å². The SMILES string of the molecule is COC1CCCC1NC(=O)C(C)(C)c1ccc(N)cc1. The molecule has 4 heteroatoms. The number of nitrogen functional groups attached to an aromatic ring is 1. The third kappa shape index (κ3) is 2.96. The fourth-order valence-electron chi connectivity index (χ4n) is 2.75. The average molecular weight is 276 g/mol. The number of anilines is 1. The van der Waals surface area contributed by atoms with Crippen molar-refractivity contribution >= 4 is 11.6 Å². The lowest BCUT2D eigenvalue weighted by Crippen LogP contribution is -2.48. The zero-order chi connectivity index (χ0) is 14.8. The lowest BCUT2D eigenvalue weighted by Gasteiger charge is -2.28. The quantitative estimate of drug-likeness (QED) is 0.829. The fraction of sp³-hybridized carbons (Fsp3) is 0.562. The van der Waals surface area contributed by atoms with Crippen LogP contribution in [0.1, 0.15) is 38.7 Å². The maximum Gasteiger partial charge on any atom is 0.230 e. The van der Waals surface area contributed by atoms with Crippen molar-refractivity contribution in [2.75, 3.05) is 12.8 Å². The predicted octanol–water partition coefficient (Wildman–Crippen LogP) is 2.23. The van der Waals surface area contributed by atoms with Gasteiger partial charge in [-0.05, 0) is 50.8 Å². The van der Waals surface area contributed by atoms with E-state index in [0.29, 0.717) is 5.69 Å². The van der Waals surface area contributed by atoms with Gasteiger partial charge >= 0.3 is 0 Å². The van der Waals surface area contributed by atoms with Crippen LogP contribution in [0, 0.1) is 0 Å². The summed E-state index contributed by atoms with van der Waals surface area (Å²) in [5.74, 6) is 0.0382. The fourth-order valence-corrected chi connectivity index (χ4v) is 2.75. The van der Waals surface area contributed by atoms with Crippen LogP contribution in [0.4, 0.5) is 5.69 Å². The molecule has 2 atom stereocenters. The molecule has 3 N–H and O–H groups in total. The highest BCUT2D eigenvalue weighted by Crippen LogP contribution is 2.27. The molecule has 0 saturated heterocycles. The van der Waals surface area contributed by atoms with Crippen molar-refractivity contribution < 1.29 is 9.53 Å². The summed E-state index contributed by atoms with van der Waals surface area (Å²) in [5, 5.41) is 3.14. The second-order valence-electron chi connectivity index (χ2n) is 6.03. The van der Waals surface area contributed by atoms with E-state index >= 15 is 0 Å². The molecule has 0 aromatic heterocycles. The molecule has 1 saturated carbocycles. The summed E-state index contributed by atoms with van der Waals surface area (Å²) in [6.45, 7) is 3.87. The van der Waals surface area contributed by atoms with Crippen LogP contribution >= 0.6 is 0 Å². The Labute approximate surface area is 120 Å². The molecule has 1 aliphatic carbocycles. The zero-order valence-electron chi connectivity index (χ0n) is 12.5. The van der Waals surface area contributed by atoms with Crippen LogP contribution in [0.15, 0.2) is 24.3 Å². The van der Waals surface area contributed by atoms with Crippen LogP contribution in [0.3, 0.4) is 0 Å². The predicted molar refractivity (Wildman–Crippen MR) is 80.5 cm³/mol. The average Bonchev–Trinajstić information content (AvgIpc) is 2.86. The molecule has 20 heavy (non-hydrogen) atoms. The van der Waals surface area contributed by atoms with Gasteiger partial charge in [0.25, 0.3) is 0 Å². The van der Waals surface area contributed by atoms with Gasteiger partial charge in [-0.1, -0.05) is 12.1 Å². The molecule has 0 spiro atoms. The summed E-state index contributed by atoms with van der Waals surface area (Å²) in [7, 11) is 1.71. The lowest BCUT2D eigenvalue weighted by atomic mass is 9.83. The molecule has 1 aliphatic rings. The van der Waals surface area contributed by atoms with Gasteiger partial charge in [0, 0.05) is 12.8 Å². The van der Waals surface area contributed by atoms with E-state index < -0.39 is 5.41 Å². The smallest absolute Gasteiger partial charge is 0.230 e. The third-order valence-corrected chi connectivity index (χ3v) is 4.27. The maximum atomic E-state index is 12.6. The van der Waals surface area contributed by atoms with Gasteiger partial charge in [-0.25, -0.2) is 0 Å². The Kier molecular flexibility index (Phi) is 4.33. The highest BCUT2D eigenvalue weighted by atomic mass is 16.5. The molecule has 1 fully saturated rings. The molecule has 0 radical (unpaired) electrons. The Bertz CT molecular complexity index is 468. The Hall–Kier alpha value is -1.55. The van der Waals surface area contributed by atoms with Crippen LogP contribution < -0.4 is 11.1 Å². The molecular weight excluding hydrogens is 252 g/mol. The van der Waals surface area contributed by atoms with E-state index in [-0.39, 0.29) is 18.1 Å². The van der Waals surface area contributed by atoms with E-state index in [4.69, 9.17) is 10.5 Å². The molecule has 110 valence electrons. The van der Waals surface area contributed by atoms with E-state index in [2.05, 4.69) is 5.32 Å². The molecule has 2 rings (SSSR count). The van der Waals surface area contributed by atoms with Gasteiger partial charge in [-0.3, -0.25) is 4.79 Å². The summed E-state index contributed by atoms with van der Waals surface area (Å²) in [6, 6.07) is 7.62. The van der Waals surface area contributed by atoms with Crippen LogP contribution in [0.5, 0.6) is 0 Å². The molecule has 1 amide bonds. The van der Waals surface area contributed by atoms with E-state index in [9.17, 15) is 4.79 Å². The number of nitrogens with one attached hydrogen (secondary N) is 1. The number of carbonyl (C=O) groups excluding carboxylic acids is 1. The number of nitrogens with two attached hydrogens (primary N) is 1. The number of benzene rings is 1. The van der Waals surface area contributed by atoms with Gasteiger partial charge in [-0.15, -0.1) is 0 Å². The minimum atomic E-state index is -0.575. The number of hydrogen-bond donors (Lipinski definition) is 2. The normalized spacial score (nSPS) is 22.8. The molecule has 1 aromatic carbocycles. The van der Waals surface area contributed by atoms with Gasteiger partial charge in [0.2, 0.25) is 5.91 Å². The molecule has 0 aliphatic heterocycles. The Morgan fingerprint density at radius 3 is 2.55 bits per heavy atom. The van der Waals surface area contributed by atoms with Crippen molar-refractivity contribution in [3.63, 3.8) is 0 Å². The topological polar surface area (TPSA) is 64.3 Å². The van der Waals surface area contributed by atoms with Crippen molar-refractivity contribution in [2.45, 2.75) is 50.7 Å². The number of methoxy groups -OCH3 is 1. The molecule has 2 unspecified atom stereocenters. The summed E-state index contributed by atoms with van der Waals surface area (Å²) in [6.07, 6.45) is 3.25. The molecular formula is C16H24N2O2. The number of amides is 1. The molecule has 0 heterocycles. The summed E-state index contributed by atoms with van der Waals surface area (Å²) in [4.78, 5) is 12.6. The van der Waals surface area contributed by atoms with E-state index in [1.165, 1.54) is 0 Å². The van der Waals surface area contributed by atoms with Gasteiger partial charge in [0.1, 0.15) is 0 Å². The monoisotopic (exact) mass is 276 g/mol. The van der Waals surface area contributed by atoms with Gasteiger partial charge in [0.05, 0.1) is 17.6 Å². The third-order valence-electron chi connectivity index (χ3n) is 4.27. The Balaban J connectivity index is 2.09. The Morgan fingerprint density at radius 1 is 1.30 bits per heavy atom.